The van der Waals surface area contributed by atoms with E-state index in [4.69, 9.17) is 39.5 Å². The molecule has 0 atom stereocenters. The number of carbonyl (C=O) groups is 3. The van der Waals surface area contributed by atoms with E-state index in [9.17, 15) is 14.4 Å². The Bertz CT molecular complexity index is 2530. The van der Waals surface area contributed by atoms with Crippen molar-refractivity contribution in [1.29, 1.82) is 0 Å². The minimum atomic E-state index is -0.228. The minimum Gasteiger partial charge on any atom is -0.379 e. The summed E-state index contributed by atoms with van der Waals surface area (Å²) in [7, 11) is 0. The van der Waals surface area contributed by atoms with Crippen molar-refractivity contribution in [1.82, 2.24) is 55.6 Å². The Hall–Kier alpha value is -5.63. The van der Waals surface area contributed by atoms with E-state index in [2.05, 4.69) is 66.8 Å². The second-order valence-electron chi connectivity index (χ2n) is 14.1. The van der Waals surface area contributed by atoms with E-state index in [0.29, 0.717) is 64.9 Å². The first-order chi connectivity index (χ1) is 29.2. The predicted octanol–water partition coefficient (Wildman–Crippen LogP) is 6.01. The molecular formula is C39H43Cl3N14O4. The Balaban J connectivity index is 0.000000136. The molecule has 3 aromatic carbocycles. The van der Waals surface area contributed by atoms with E-state index in [1.54, 1.807) is 42.5 Å². The van der Waals surface area contributed by atoms with E-state index in [0.717, 1.165) is 58.6 Å². The van der Waals surface area contributed by atoms with Crippen molar-refractivity contribution in [3.8, 4) is 0 Å². The highest BCUT2D eigenvalue weighted by Crippen LogP contribution is 2.26. The van der Waals surface area contributed by atoms with Crippen LogP contribution >= 0.6 is 34.8 Å². The molecule has 2 aliphatic rings. The number of carbonyl (C=O) groups excluding carboxylic acids is 3. The SMILES string of the molecule is O=C(CN1CCOCC1)Nc1n[nH]c2cc(Cl)ccc12.O=C(CNC1CCCCC1)Nc1n[nH]c2cc(Cl)ccc12.O=C(Cn1cncn1)Nc1n[nH]c2cc(Cl)ccc12. The van der Waals surface area contributed by atoms with E-state index in [1.807, 2.05) is 12.1 Å². The van der Waals surface area contributed by atoms with Crippen molar-refractivity contribution in [3.63, 3.8) is 0 Å². The summed E-state index contributed by atoms with van der Waals surface area (Å²) in [6.45, 7) is 3.68. The Morgan fingerprint density at radius 3 is 1.63 bits per heavy atom. The van der Waals surface area contributed by atoms with Gasteiger partial charge in [-0.1, -0.05) is 54.1 Å². The van der Waals surface area contributed by atoms with Crippen LogP contribution in [0.2, 0.25) is 15.1 Å². The maximum atomic E-state index is 12.0. The number of fused-ring (bicyclic) bond motifs is 3. The van der Waals surface area contributed by atoms with Crippen LogP contribution in [0.3, 0.4) is 0 Å². The standard InChI is InChI=1S/C15H19ClN4O.C13H15ClN4O2.C11H9ClN6O/c16-10-6-7-12-13(8-10)19-20-15(12)18-14(21)9-17-11-4-2-1-3-5-11;14-9-1-2-10-11(7-9)16-17-13(10)15-12(19)8-18-3-5-20-6-4-18;12-7-1-2-8-9(3-7)16-17-11(8)15-10(19)4-18-6-13-5-14-18/h6-8,11,17H,1-5,9H2,(H2,18,19,20,21);1-2,7H,3-6,8H2,(H2,15,16,17,19);1-3,5-6H,4H2,(H2,15,16,17,19). The van der Waals surface area contributed by atoms with Crippen molar-refractivity contribution in [3.05, 3.63) is 82.3 Å². The number of amides is 3. The molecule has 4 aromatic heterocycles. The number of hydrogen-bond donors (Lipinski definition) is 7. The second kappa shape index (κ2) is 20.6. The first-order valence-corrected chi connectivity index (χ1v) is 20.5. The molecule has 9 rings (SSSR count). The lowest BCUT2D eigenvalue weighted by Gasteiger charge is -2.25. The number of hydrogen-bond acceptors (Lipinski definition) is 11. The third kappa shape index (κ3) is 11.8. The zero-order valence-corrected chi connectivity index (χ0v) is 34.6. The monoisotopic (exact) mass is 876 g/mol. The fourth-order valence-electron chi connectivity index (χ4n) is 6.75. The number of ether oxygens (including phenoxy) is 1. The number of anilines is 3. The van der Waals surface area contributed by atoms with Gasteiger partial charge >= 0.3 is 0 Å². The third-order valence-corrected chi connectivity index (χ3v) is 10.5. The lowest BCUT2D eigenvalue weighted by atomic mass is 9.95. The van der Waals surface area contributed by atoms with Gasteiger partial charge in [0.05, 0.1) is 42.9 Å². The van der Waals surface area contributed by atoms with Crippen molar-refractivity contribution in [2.24, 2.45) is 0 Å². The number of aromatic nitrogens is 9. The van der Waals surface area contributed by atoms with Crippen LogP contribution in [0.1, 0.15) is 32.1 Å². The third-order valence-electron chi connectivity index (χ3n) is 9.75. The van der Waals surface area contributed by atoms with Crippen LogP contribution in [-0.2, 0) is 25.7 Å². The number of morpholine rings is 1. The summed E-state index contributed by atoms with van der Waals surface area (Å²) in [6.07, 6.45) is 9.00. The lowest BCUT2D eigenvalue weighted by Crippen LogP contribution is -2.41. The molecule has 7 aromatic rings. The molecule has 1 saturated carbocycles. The van der Waals surface area contributed by atoms with Gasteiger partial charge in [-0.3, -0.25) is 34.6 Å². The maximum Gasteiger partial charge on any atom is 0.247 e. The Morgan fingerprint density at radius 2 is 1.15 bits per heavy atom. The smallest absolute Gasteiger partial charge is 0.247 e. The Kier molecular flexibility index (Phi) is 14.6. The summed E-state index contributed by atoms with van der Waals surface area (Å²) in [4.78, 5) is 41.7. The summed E-state index contributed by atoms with van der Waals surface area (Å²) in [6, 6.07) is 16.6. The molecule has 2 fully saturated rings. The van der Waals surface area contributed by atoms with Gasteiger partial charge in [0.15, 0.2) is 17.5 Å². The molecular weight excluding hydrogens is 835 g/mol. The van der Waals surface area contributed by atoms with Crippen LogP contribution in [0.4, 0.5) is 17.5 Å². The van der Waals surface area contributed by atoms with Gasteiger partial charge in [-0.15, -0.1) is 0 Å². The van der Waals surface area contributed by atoms with Crippen molar-refractivity contribution in [2.45, 2.75) is 44.7 Å². The van der Waals surface area contributed by atoms with Crippen molar-refractivity contribution < 1.29 is 19.1 Å². The molecule has 0 unspecified atom stereocenters. The van der Waals surface area contributed by atoms with Gasteiger partial charge < -0.3 is 26.0 Å². The average molecular weight is 878 g/mol. The molecule has 1 saturated heterocycles. The Morgan fingerprint density at radius 1 is 0.667 bits per heavy atom. The zero-order chi connectivity index (χ0) is 41.8. The van der Waals surface area contributed by atoms with Crippen LogP contribution in [0.15, 0.2) is 67.3 Å². The average Bonchev–Trinajstić information content (AvgIpc) is 4.07. The first kappa shape index (κ1) is 42.5. The maximum absolute atomic E-state index is 12.0. The van der Waals surface area contributed by atoms with Crippen LogP contribution in [-0.4, -0.2) is 113 Å². The van der Waals surface area contributed by atoms with Gasteiger partial charge in [0, 0.05) is 50.4 Å². The molecule has 0 spiro atoms. The highest BCUT2D eigenvalue weighted by molar-refractivity contribution is 6.32. The van der Waals surface area contributed by atoms with Gasteiger partial charge in [0.25, 0.3) is 0 Å². The van der Waals surface area contributed by atoms with Crippen molar-refractivity contribution >= 4 is 103 Å². The van der Waals surface area contributed by atoms with Gasteiger partial charge in [0.2, 0.25) is 17.7 Å². The summed E-state index contributed by atoms with van der Waals surface area (Å²) in [5, 5.41) is 40.8. The number of nitrogens with zero attached hydrogens (tertiary/aromatic N) is 7. The van der Waals surface area contributed by atoms with E-state index >= 15 is 0 Å². The van der Waals surface area contributed by atoms with Crippen LogP contribution in [0.25, 0.3) is 32.7 Å². The Labute approximate surface area is 358 Å². The summed E-state index contributed by atoms with van der Waals surface area (Å²) >= 11 is 17.7. The zero-order valence-electron chi connectivity index (χ0n) is 32.3. The fourth-order valence-corrected chi connectivity index (χ4v) is 7.26. The molecule has 0 bridgehead atoms. The molecule has 5 heterocycles. The number of benzene rings is 3. The predicted molar refractivity (Wildman–Crippen MR) is 231 cm³/mol. The van der Waals surface area contributed by atoms with Gasteiger partial charge in [0.1, 0.15) is 19.2 Å². The quantitative estimate of drug-likeness (QED) is 0.0842. The first-order valence-electron chi connectivity index (χ1n) is 19.3. The van der Waals surface area contributed by atoms with E-state index in [-0.39, 0.29) is 24.3 Å². The molecule has 7 N–H and O–H groups in total. The number of aromatic amines is 3. The summed E-state index contributed by atoms with van der Waals surface area (Å²) in [5.41, 5.74) is 2.39. The highest BCUT2D eigenvalue weighted by atomic mass is 35.5. The minimum absolute atomic E-state index is 0.0658. The van der Waals surface area contributed by atoms with Gasteiger partial charge in [-0.05, 0) is 67.4 Å². The van der Waals surface area contributed by atoms with Crippen molar-refractivity contribution in [2.75, 3.05) is 55.3 Å². The van der Waals surface area contributed by atoms with Gasteiger partial charge in [-0.2, -0.15) is 20.4 Å². The molecule has 1 aliphatic heterocycles. The largest absolute Gasteiger partial charge is 0.379 e. The van der Waals surface area contributed by atoms with Crippen LogP contribution < -0.4 is 21.3 Å². The normalized spacial score (nSPS) is 14.6. The molecule has 18 nitrogen and oxygen atoms in total. The number of nitrogens with one attached hydrogen (secondary N) is 7. The number of halogens is 3. The molecule has 314 valence electrons. The molecule has 1 aliphatic carbocycles. The van der Waals surface area contributed by atoms with Gasteiger partial charge in [-0.25, -0.2) is 9.67 Å². The highest BCUT2D eigenvalue weighted by Gasteiger charge is 2.17. The summed E-state index contributed by atoms with van der Waals surface area (Å²) in [5.74, 6) is 1.19. The summed E-state index contributed by atoms with van der Waals surface area (Å²) < 4.78 is 6.68. The van der Waals surface area contributed by atoms with E-state index in [1.165, 1.54) is 36.6 Å². The molecule has 60 heavy (non-hydrogen) atoms. The van der Waals surface area contributed by atoms with E-state index < -0.39 is 0 Å². The topological polar surface area (TPSA) is 229 Å². The van der Waals surface area contributed by atoms with Crippen LogP contribution in [0, 0.1) is 0 Å². The number of H-pyrrole nitrogens is 3. The second-order valence-corrected chi connectivity index (χ2v) is 15.4. The number of rotatable bonds is 10. The van der Waals surface area contributed by atoms with Crippen LogP contribution in [0.5, 0.6) is 0 Å². The lowest BCUT2D eigenvalue weighted by molar-refractivity contribution is -0.118. The molecule has 3 amide bonds. The fraction of sp³-hybridized carbons (Fsp3) is 0.333. The molecule has 0 radical (unpaired) electrons. The molecule has 21 heteroatoms.